The second-order valence-corrected chi connectivity index (χ2v) is 8.99. The van der Waals surface area contributed by atoms with Crippen LogP contribution in [-0.4, -0.2) is 21.7 Å². The molecule has 1 atom stereocenters. The molecule has 0 spiro atoms. The van der Waals surface area contributed by atoms with E-state index < -0.39 is 11.5 Å². The molecule has 0 heterocycles. The minimum absolute atomic E-state index is 0.207. The fraction of sp³-hybridized carbons (Fsp3) is 0.188. The third-order valence-electron chi connectivity index (χ3n) is 3.26. The first-order chi connectivity index (χ1) is 11.1. The van der Waals surface area contributed by atoms with Crippen LogP contribution in [-0.2, 0) is 11.2 Å². The predicted octanol–water partition coefficient (Wildman–Crippen LogP) is 4.34. The minimum atomic E-state index is -1.32. The third-order valence-corrected chi connectivity index (χ3v) is 5.72. The highest BCUT2D eigenvalue weighted by molar-refractivity contribution is 14.1. The van der Waals surface area contributed by atoms with Gasteiger partial charge in [-0.3, -0.25) is 4.79 Å². The molecule has 2 aromatic carbocycles. The second-order valence-electron chi connectivity index (χ2n) is 5.50. The number of halogens is 3. The summed E-state index contributed by atoms with van der Waals surface area (Å²) in [6, 6.07) is 8.77. The van der Waals surface area contributed by atoms with Crippen molar-refractivity contribution in [1.29, 1.82) is 0 Å². The van der Waals surface area contributed by atoms with Gasteiger partial charge in [-0.2, -0.15) is 0 Å². The molecular weight excluding hydrogens is 651 g/mol. The summed E-state index contributed by atoms with van der Waals surface area (Å²) in [6.07, 6.45) is 0.228. The molecular formula is C16H14I3NO4. The van der Waals surface area contributed by atoms with Gasteiger partial charge in [0.15, 0.2) is 5.75 Å². The van der Waals surface area contributed by atoms with Gasteiger partial charge in [-0.15, -0.1) is 0 Å². The maximum absolute atomic E-state index is 11.2. The lowest BCUT2D eigenvalue weighted by Gasteiger charge is -2.20. The van der Waals surface area contributed by atoms with Crippen molar-refractivity contribution in [2.24, 2.45) is 5.73 Å². The monoisotopic (exact) mass is 665 g/mol. The molecule has 0 bridgehead atoms. The molecule has 0 aromatic heterocycles. The maximum Gasteiger partial charge on any atom is 0.323 e. The highest BCUT2D eigenvalue weighted by Gasteiger charge is 2.28. The van der Waals surface area contributed by atoms with Crippen LogP contribution in [0.15, 0.2) is 30.3 Å². The molecule has 0 radical (unpaired) electrons. The standard InChI is InChI=1S/C16H14I3NO4/c1-16(20,15(22)23)7-8-4-11(18)14(12(19)5-8)24-9-2-3-13(21)10(17)6-9/h2-6,21H,7,20H2,1H3,(H,22,23)/t16-/m0/s1. The Bertz CT molecular complexity index is 770. The second kappa shape index (κ2) is 7.91. The Morgan fingerprint density at radius 2 is 1.75 bits per heavy atom. The Morgan fingerprint density at radius 3 is 2.25 bits per heavy atom. The lowest BCUT2D eigenvalue weighted by molar-refractivity contribution is -0.142. The molecule has 24 heavy (non-hydrogen) atoms. The summed E-state index contributed by atoms with van der Waals surface area (Å²) in [5.74, 6) is 0.482. The number of nitrogens with two attached hydrogens (primary N) is 1. The van der Waals surface area contributed by atoms with Gasteiger partial charge in [0.1, 0.15) is 17.0 Å². The quantitative estimate of drug-likeness (QED) is 0.414. The molecule has 0 aliphatic heterocycles. The zero-order chi connectivity index (χ0) is 18.1. The minimum Gasteiger partial charge on any atom is -0.507 e. The molecule has 0 unspecified atom stereocenters. The lowest BCUT2D eigenvalue weighted by atomic mass is 9.94. The average molecular weight is 665 g/mol. The number of rotatable bonds is 5. The predicted molar refractivity (Wildman–Crippen MR) is 117 cm³/mol. The number of carboxylic acid groups (broad SMARTS) is 1. The number of carboxylic acids is 1. The third kappa shape index (κ3) is 4.85. The van der Waals surface area contributed by atoms with Crippen molar-refractivity contribution < 1.29 is 19.7 Å². The average Bonchev–Trinajstić information content (AvgIpc) is 2.46. The van der Waals surface area contributed by atoms with E-state index in [9.17, 15) is 9.90 Å². The summed E-state index contributed by atoms with van der Waals surface area (Å²) >= 11 is 6.34. The summed E-state index contributed by atoms with van der Waals surface area (Å²) in [7, 11) is 0. The zero-order valence-electron chi connectivity index (χ0n) is 12.5. The highest BCUT2D eigenvalue weighted by Crippen LogP contribution is 2.35. The van der Waals surface area contributed by atoms with Gasteiger partial charge in [0.05, 0.1) is 10.7 Å². The first-order valence-corrected chi connectivity index (χ1v) is 10.0. The van der Waals surface area contributed by atoms with Crippen LogP contribution >= 0.6 is 67.8 Å². The molecule has 0 aliphatic rings. The molecule has 5 nitrogen and oxygen atoms in total. The zero-order valence-corrected chi connectivity index (χ0v) is 19.0. The van der Waals surface area contributed by atoms with E-state index in [2.05, 4.69) is 45.2 Å². The summed E-state index contributed by atoms with van der Waals surface area (Å²) in [5.41, 5.74) is 5.34. The van der Waals surface area contributed by atoms with E-state index in [0.29, 0.717) is 15.1 Å². The highest BCUT2D eigenvalue weighted by atomic mass is 127. The van der Waals surface area contributed by atoms with Crippen LogP contribution in [0.3, 0.4) is 0 Å². The molecule has 0 saturated heterocycles. The molecule has 8 heteroatoms. The van der Waals surface area contributed by atoms with Gasteiger partial charge in [-0.25, -0.2) is 0 Å². The van der Waals surface area contributed by atoms with Crippen molar-refractivity contribution in [3.63, 3.8) is 0 Å². The molecule has 128 valence electrons. The van der Waals surface area contributed by atoms with E-state index in [0.717, 1.165) is 12.7 Å². The van der Waals surface area contributed by atoms with Crippen molar-refractivity contribution in [3.05, 3.63) is 46.6 Å². The van der Waals surface area contributed by atoms with Gasteiger partial charge in [0, 0.05) is 6.42 Å². The summed E-state index contributed by atoms with van der Waals surface area (Å²) in [6.45, 7) is 1.50. The van der Waals surface area contributed by atoms with Crippen molar-refractivity contribution in [3.8, 4) is 17.2 Å². The topological polar surface area (TPSA) is 92.8 Å². The number of hydrogen-bond acceptors (Lipinski definition) is 4. The van der Waals surface area contributed by atoms with Crippen LogP contribution in [0.5, 0.6) is 17.2 Å². The number of aromatic hydroxyl groups is 1. The summed E-state index contributed by atoms with van der Waals surface area (Å²) in [4.78, 5) is 11.2. The molecule has 0 fully saturated rings. The van der Waals surface area contributed by atoms with E-state index in [-0.39, 0.29) is 12.2 Å². The number of benzene rings is 2. The Balaban J connectivity index is 2.30. The Morgan fingerprint density at radius 1 is 1.17 bits per heavy atom. The van der Waals surface area contributed by atoms with Crippen LogP contribution in [0.25, 0.3) is 0 Å². The van der Waals surface area contributed by atoms with Crippen LogP contribution < -0.4 is 10.5 Å². The fourth-order valence-electron chi connectivity index (χ4n) is 1.98. The smallest absolute Gasteiger partial charge is 0.323 e. The molecule has 0 saturated carbocycles. The largest absolute Gasteiger partial charge is 0.507 e. The van der Waals surface area contributed by atoms with Gasteiger partial charge >= 0.3 is 5.97 Å². The van der Waals surface area contributed by atoms with Gasteiger partial charge in [-0.1, -0.05) is 0 Å². The summed E-state index contributed by atoms with van der Waals surface area (Å²) in [5, 5.41) is 18.7. The van der Waals surface area contributed by atoms with Crippen LogP contribution in [0.2, 0.25) is 0 Å². The molecule has 2 aromatic rings. The normalized spacial score (nSPS) is 13.4. The fourth-order valence-corrected chi connectivity index (χ4v) is 4.58. The maximum atomic E-state index is 11.2. The first-order valence-electron chi connectivity index (χ1n) is 6.77. The Kier molecular flexibility index (Phi) is 6.58. The Labute approximate surface area is 180 Å². The molecule has 0 aliphatic carbocycles. The SMILES string of the molecule is C[C@](N)(Cc1cc(I)c(Oc2ccc(O)c(I)c2)c(I)c1)C(=O)O. The van der Waals surface area contributed by atoms with Gasteiger partial charge in [0.2, 0.25) is 0 Å². The van der Waals surface area contributed by atoms with Crippen LogP contribution in [0.4, 0.5) is 0 Å². The van der Waals surface area contributed by atoms with Crippen LogP contribution in [0, 0.1) is 10.7 Å². The van der Waals surface area contributed by atoms with Crippen molar-refractivity contribution in [2.75, 3.05) is 0 Å². The molecule has 4 N–H and O–H groups in total. The first kappa shape index (κ1) is 20.0. The van der Waals surface area contributed by atoms with Gasteiger partial charge in [0.25, 0.3) is 0 Å². The van der Waals surface area contributed by atoms with E-state index in [1.54, 1.807) is 18.2 Å². The van der Waals surface area contributed by atoms with Crippen molar-refractivity contribution in [1.82, 2.24) is 0 Å². The van der Waals surface area contributed by atoms with E-state index in [1.165, 1.54) is 6.92 Å². The van der Waals surface area contributed by atoms with Crippen molar-refractivity contribution in [2.45, 2.75) is 18.9 Å². The van der Waals surface area contributed by atoms with E-state index in [4.69, 9.17) is 15.6 Å². The van der Waals surface area contributed by atoms with Gasteiger partial charge < -0.3 is 20.7 Å². The van der Waals surface area contributed by atoms with Crippen molar-refractivity contribution >= 4 is 73.7 Å². The van der Waals surface area contributed by atoms with E-state index in [1.807, 2.05) is 34.7 Å². The number of ether oxygens (including phenoxy) is 1. The summed E-state index contributed by atoms with van der Waals surface area (Å²) < 4.78 is 8.35. The van der Waals surface area contributed by atoms with Crippen LogP contribution in [0.1, 0.15) is 12.5 Å². The molecule has 2 rings (SSSR count). The number of aliphatic carboxylic acids is 1. The number of phenolic OH excluding ortho intramolecular Hbond substituents is 1. The van der Waals surface area contributed by atoms with E-state index >= 15 is 0 Å². The lowest BCUT2D eigenvalue weighted by Crippen LogP contribution is -2.46. The Hall–Kier alpha value is -0.340. The number of phenols is 1. The number of carbonyl (C=O) groups is 1. The van der Waals surface area contributed by atoms with Gasteiger partial charge in [-0.05, 0) is 111 Å². The molecule has 0 amide bonds. The number of hydrogen-bond donors (Lipinski definition) is 3.